The van der Waals surface area contributed by atoms with Crippen LogP contribution in [0.2, 0.25) is 0 Å². The largest absolute Gasteiger partial charge is 0.382 e. The molecule has 0 amide bonds. The van der Waals surface area contributed by atoms with E-state index in [1.807, 2.05) is 12.1 Å². The third kappa shape index (κ3) is 17.4. The second kappa shape index (κ2) is 22.7. The normalized spacial score (nSPS) is 12.5. The Morgan fingerprint density at radius 1 is 0.771 bits per heavy atom. The van der Waals surface area contributed by atoms with Gasteiger partial charge in [0.25, 0.3) is 0 Å². The van der Waals surface area contributed by atoms with Gasteiger partial charge in [0.1, 0.15) is 0 Å². The maximum Gasteiger partial charge on any atom is 0.0704 e. The summed E-state index contributed by atoms with van der Waals surface area (Å²) in [5.74, 6) is 2.60. The van der Waals surface area contributed by atoms with Crippen molar-refractivity contribution < 1.29 is 28.4 Å². The molecule has 0 N–H and O–H groups in total. The van der Waals surface area contributed by atoms with E-state index >= 15 is 0 Å². The van der Waals surface area contributed by atoms with Crippen molar-refractivity contribution in [1.82, 2.24) is 0 Å². The summed E-state index contributed by atoms with van der Waals surface area (Å²) in [6.07, 6.45) is 11.4. The summed E-state index contributed by atoms with van der Waals surface area (Å²) in [6, 6.07) is 8.17. The summed E-state index contributed by atoms with van der Waals surface area (Å²) < 4.78 is 32.0. The fourth-order valence-electron chi connectivity index (χ4n) is 3.19. The Kier molecular flexibility index (Phi) is 20.3. The van der Waals surface area contributed by atoms with E-state index in [0.29, 0.717) is 66.1 Å². The van der Waals surface area contributed by atoms with E-state index in [9.17, 15) is 0 Å². The van der Waals surface area contributed by atoms with Crippen LogP contribution in [0.15, 0.2) is 35.4 Å². The molecular weight excluding hydrogens is 444 g/mol. The van der Waals surface area contributed by atoms with Gasteiger partial charge in [-0.1, -0.05) is 37.0 Å². The highest BCUT2D eigenvalue weighted by Gasteiger charge is 2.11. The molecule has 6 heteroatoms. The van der Waals surface area contributed by atoms with Gasteiger partial charge in [-0.2, -0.15) is 0 Å². The number of ether oxygens (including phenoxy) is 6. The molecule has 0 aromatic heterocycles. The number of benzene rings is 1. The van der Waals surface area contributed by atoms with E-state index in [1.54, 1.807) is 12.7 Å². The van der Waals surface area contributed by atoms with Crippen LogP contribution < -0.4 is 0 Å². The van der Waals surface area contributed by atoms with Crippen LogP contribution >= 0.6 is 0 Å². The average molecular weight is 491 g/mol. The predicted molar refractivity (Wildman–Crippen MR) is 141 cm³/mol. The second-order valence-electron chi connectivity index (χ2n) is 8.32. The summed E-state index contributed by atoms with van der Waals surface area (Å²) in [4.78, 5) is 0. The lowest BCUT2D eigenvalue weighted by Gasteiger charge is -2.20. The maximum atomic E-state index is 5.60. The molecule has 0 saturated heterocycles. The van der Waals surface area contributed by atoms with Crippen molar-refractivity contribution in [2.45, 2.75) is 46.0 Å². The van der Waals surface area contributed by atoms with Crippen LogP contribution in [-0.2, 0) is 34.8 Å². The summed E-state index contributed by atoms with van der Waals surface area (Å²) in [6.45, 7) is 11.0. The third-order valence-electron chi connectivity index (χ3n) is 5.46. The van der Waals surface area contributed by atoms with Gasteiger partial charge in [-0.05, 0) is 55.9 Å². The Morgan fingerprint density at radius 3 is 1.66 bits per heavy atom. The molecule has 1 aliphatic carbocycles. The zero-order valence-electron chi connectivity index (χ0n) is 22.1. The minimum absolute atomic E-state index is 0.574. The fourth-order valence-corrected chi connectivity index (χ4v) is 3.19. The van der Waals surface area contributed by atoms with Crippen molar-refractivity contribution in [1.29, 1.82) is 0 Å². The molecule has 1 aromatic carbocycles. The Labute approximate surface area is 213 Å². The minimum Gasteiger partial charge on any atom is -0.382 e. The van der Waals surface area contributed by atoms with Crippen LogP contribution in [0.4, 0.5) is 0 Å². The SMILES string of the molecule is C#Cc1ccc(CCC)cc1.COCCOCCOCCOCCOCCOCC(C)=C1CCC1. The molecular formula is C29H46O6. The second-order valence-corrected chi connectivity index (χ2v) is 8.32. The molecule has 0 radical (unpaired) electrons. The molecule has 1 aliphatic rings. The molecule has 0 spiro atoms. The summed E-state index contributed by atoms with van der Waals surface area (Å²) >= 11 is 0. The van der Waals surface area contributed by atoms with E-state index in [1.165, 1.54) is 36.8 Å². The molecule has 2 rings (SSSR count). The van der Waals surface area contributed by atoms with Crippen LogP contribution in [-0.4, -0.2) is 79.8 Å². The van der Waals surface area contributed by atoms with Gasteiger partial charge in [0.15, 0.2) is 0 Å². The predicted octanol–water partition coefficient (Wildman–Crippen LogP) is 4.84. The number of aryl methyl sites for hydroxylation is 1. The number of methoxy groups -OCH3 is 1. The Bertz CT molecular complexity index is 686. The lowest BCUT2D eigenvalue weighted by molar-refractivity contribution is -0.0136. The molecule has 1 saturated carbocycles. The number of terminal acetylenes is 1. The van der Waals surface area contributed by atoms with Crippen molar-refractivity contribution >= 4 is 0 Å². The molecule has 198 valence electrons. The number of allylic oxidation sites excluding steroid dienone is 1. The van der Waals surface area contributed by atoms with Gasteiger partial charge in [-0.25, -0.2) is 0 Å². The first-order valence-corrected chi connectivity index (χ1v) is 12.8. The van der Waals surface area contributed by atoms with Crippen LogP contribution in [0.25, 0.3) is 0 Å². The summed E-state index contributed by atoms with van der Waals surface area (Å²) in [5.41, 5.74) is 5.30. The molecule has 0 heterocycles. The first kappa shape index (κ1) is 31.3. The van der Waals surface area contributed by atoms with Crippen molar-refractivity contribution in [2.75, 3.05) is 79.8 Å². The number of hydrogen-bond donors (Lipinski definition) is 0. The minimum atomic E-state index is 0.574. The number of rotatable bonds is 19. The Morgan fingerprint density at radius 2 is 1.26 bits per heavy atom. The molecule has 0 bridgehead atoms. The summed E-state index contributed by atoms with van der Waals surface area (Å²) in [5, 5.41) is 0. The van der Waals surface area contributed by atoms with Crippen LogP contribution in [0.5, 0.6) is 0 Å². The monoisotopic (exact) mass is 490 g/mol. The molecule has 1 fully saturated rings. The highest BCUT2D eigenvalue weighted by atomic mass is 16.6. The standard InChI is InChI=1S/C18H34O6.C11H12/c1-17(18-4-3-5-18)16-24-15-14-23-13-12-22-11-10-21-9-8-20-7-6-19-2;1-3-5-11-8-6-10(4-2)7-9-11/h3-16H2,1-2H3;2,6-9H,3,5H2,1H3. The van der Waals surface area contributed by atoms with Gasteiger partial charge in [-0.3, -0.25) is 0 Å². The lowest BCUT2D eigenvalue weighted by atomic mass is 9.89. The van der Waals surface area contributed by atoms with E-state index in [4.69, 9.17) is 34.8 Å². The van der Waals surface area contributed by atoms with Crippen molar-refractivity contribution in [2.24, 2.45) is 0 Å². The quantitative estimate of drug-likeness (QED) is 0.157. The molecule has 0 unspecified atom stereocenters. The molecule has 6 nitrogen and oxygen atoms in total. The Balaban J connectivity index is 0.000000462. The lowest BCUT2D eigenvalue weighted by Crippen LogP contribution is -2.14. The number of hydrogen-bond acceptors (Lipinski definition) is 6. The summed E-state index contributed by atoms with van der Waals surface area (Å²) in [7, 11) is 1.66. The van der Waals surface area contributed by atoms with E-state index in [0.717, 1.165) is 18.6 Å². The Hall–Kier alpha value is -1.72. The van der Waals surface area contributed by atoms with Crippen LogP contribution in [0.1, 0.15) is 50.7 Å². The molecule has 1 aromatic rings. The van der Waals surface area contributed by atoms with Crippen molar-refractivity contribution in [3.63, 3.8) is 0 Å². The molecule has 35 heavy (non-hydrogen) atoms. The van der Waals surface area contributed by atoms with Gasteiger partial charge in [-0.15, -0.1) is 6.42 Å². The molecule has 0 aliphatic heterocycles. The zero-order chi connectivity index (χ0) is 25.4. The smallest absolute Gasteiger partial charge is 0.0704 e. The van der Waals surface area contributed by atoms with Gasteiger partial charge >= 0.3 is 0 Å². The molecule has 0 atom stereocenters. The van der Waals surface area contributed by atoms with E-state index in [-0.39, 0.29) is 0 Å². The van der Waals surface area contributed by atoms with Crippen LogP contribution in [0, 0.1) is 12.3 Å². The topological polar surface area (TPSA) is 55.4 Å². The van der Waals surface area contributed by atoms with E-state index in [2.05, 4.69) is 31.9 Å². The van der Waals surface area contributed by atoms with Crippen LogP contribution in [0.3, 0.4) is 0 Å². The van der Waals surface area contributed by atoms with Gasteiger partial charge < -0.3 is 28.4 Å². The van der Waals surface area contributed by atoms with Gasteiger partial charge in [0.05, 0.1) is 72.7 Å². The highest BCUT2D eigenvalue weighted by Crippen LogP contribution is 2.28. The first-order chi connectivity index (χ1) is 17.2. The van der Waals surface area contributed by atoms with Gasteiger partial charge in [0.2, 0.25) is 0 Å². The third-order valence-corrected chi connectivity index (χ3v) is 5.46. The van der Waals surface area contributed by atoms with Crippen molar-refractivity contribution in [3.05, 3.63) is 46.5 Å². The van der Waals surface area contributed by atoms with Gasteiger partial charge in [0, 0.05) is 12.7 Å². The first-order valence-electron chi connectivity index (χ1n) is 12.8. The highest BCUT2D eigenvalue weighted by molar-refractivity contribution is 5.34. The van der Waals surface area contributed by atoms with E-state index < -0.39 is 0 Å². The van der Waals surface area contributed by atoms with Crippen molar-refractivity contribution in [3.8, 4) is 12.3 Å². The maximum absolute atomic E-state index is 5.60. The fraction of sp³-hybridized carbons (Fsp3) is 0.655. The average Bonchev–Trinajstić information content (AvgIpc) is 2.84. The zero-order valence-corrected chi connectivity index (χ0v) is 22.1.